The fourth-order valence-electron chi connectivity index (χ4n) is 2.37. The molecular weight excluding hydrogens is 431 g/mol. The molecule has 0 aliphatic rings. The summed E-state index contributed by atoms with van der Waals surface area (Å²) in [6.07, 6.45) is -0.143. The van der Waals surface area contributed by atoms with Crippen molar-refractivity contribution < 1.29 is 14.6 Å². The number of carboxylic acid groups (broad SMARTS) is 1. The molecule has 0 bridgehead atoms. The molecule has 0 atom stereocenters. The molecular formula is C18H13Cl3N2O3S. The highest BCUT2D eigenvalue weighted by atomic mass is 35.5. The number of anilines is 2. The number of thiazole rings is 1. The summed E-state index contributed by atoms with van der Waals surface area (Å²) in [5.74, 6) is -0.234. The van der Waals surface area contributed by atoms with Crippen molar-refractivity contribution in [3.05, 3.63) is 56.3 Å². The van der Waals surface area contributed by atoms with E-state index in [0.29, 0.717) is 42.2 Å². The minimum Gasteiger partial charge on any atom is -0.497 e. The Morgan fingerprint density at radius 2 is 1.81 bits per heavy atom. The average molecular weight is 444 g/mol. The molecule has 1 heterocycles. The van der Waals surface area contributed by atoms with Crippen LogP contribution in [-0.4, -0.2) is 23.2 Å². The van der Waals surface area contributed by atoms with Crippen molar-refractivity contribution in [1.82, 2.24) is 4.98 Å². The number of rotatable bonds is 6. The third kappa shape index (κ3) is 4.65. The molecule has 140 valence electrons. The molecule has 0 fully saturated rings. The number of carbonyl (C=O) groups is 1. The third-order valence-corrected chi connectivity index (χ3v) is 5.63. The second kappa shape index (κ2) is 8.35. The Kier molecular flexibility index (Phi) is 6.11. The lowest BCUT2D eigenvalue weighted by molar-refractivity contribution is -0.136. The van der Waals surface area contributed by atoms with E-state index in [0.717, 1.165) is 5.56 Å². The smallest absolute Gasteiger partial charge is 0.308 e. The van der Waals surface area contributed by atoms with Crippen LogP contribution in [0.4, 0.5) is 10.8 Å². The normalized spacial score (nSPS) is 10.7. The molecule has 0 saturated carbocycles. The molecule has 27 heavy (non-hydrogen) atoms. The maximum atomic E-state index is 11.2. The van der Waals surface area contributed by atoms with Gasteiger partial charge >= 0.3 is 5.97 Å². The second-order valence-corrected chi connectivity index (χ2v) is 7.77. The van der Waals surface area contributed by atoms with Crippen LogP contribution in [-0.2, 0) is 11.2 Å². The van der Waals surface area contributed by atoms with Crippen molar-refractivity contribution in [2.45, 2.75) is 6.42 Å². The lowest BCUT2D eigenvalue weighted by Crippen LogP contribution is -1.99. The number of methoxy groups -OCH3 is 1. The number of hydrogen-bond donors (Lipinski definition) is 2. The van der Waals surface area contributed by atoms with Crippen LogP contribution in [0.3, 0.4) is 0 Å². The monoisotopic (exact) mass is 442 g/mol. The second-order valence-electron chi connectivity index (χ2n) is 5.46. The molecule has 5 nitrogen and oxygen atoms in total. The Morgan fingerprint density at radius 3 is 2.44 bits per heavy atom. The Morgan fingerprint density at radius 1 is 1.15 bits per heavy atom. The topological polar surface area (TPSA) is 71.5 Å². The number of aromatic nitrogens is 1. The minimum atomic E-state index is -0.937. The van der Waals surface area contributed by atoms with Gasteiger partial charge in [0.25, 0.3) is 0 Å². The number of aliphatic carboxylic acids is 1. The molecule has 0 aliphatic heterocycles. The van der Waals surface area contributed by atoms with E-state index >= 15 is 0 Å². The maximum Gasteiger partial charge on any atom is 0.308 e. The van der Waals surface area contributed by atoms with E-state index in [1.54, 1.807) is 25.3 Å². The van der Waals surface area contributed by atoms with Gasteiger partial charge in [-0.3, -0.25) is 4.79 Å². The van der Waals surface area contributed by atoms with Crippen molar-refractivity contribution in [1.29, 1.82) is 0 Å². The van der Waals surface area contributed by atoms with Crippen LogP contribution in [0.25, 0.3) is 11.3 Å². The largest absolute Gasteiger partial charge is 0.497 e. The van der Waals surface area contributed by atoms with Gasteiger partial charge in [-0.15, -0.1) is 11.3 Å². The van der Waals surface area contributed by atoms with Gasteiger partial charge in [0, 0.05) is 10.4 Å². The van der Waals surface area contributed by atoms with E-state index in [1.165, 1.54) is 17.4 Å². The summed E-state index contributed by atoms with van der Waals surface area (Å²) in [6, 6.07) is 10.4. The molecule has 0 radical (unpaired) electrons. The van der Waals surface area contributed by atoms with Crippen LogP contribution in [0.1, 0.15) is 4.88 Å². The van der Waals surface area contributed by atoms with Gasteiger partial charge in [-0.1, -0.05) is 34.8 Å². The fraction of sp³-hybridized carbons (Fsp3) is 0.111. The summed E-state index contributed by atoms with van der Waals surface area (Å²) >= 11 is 19.4. The van der Waals surface area contributed by atoms with Crippen molar-refractivity contribution in [3.8, 4) is 17.0 Å². The van der Waals surface area contributed by atoms with Crippen LogP contribution in [0.2, 0.25) is 15.1 Å². The predicted octanol–water partition coefficient (Wildman–Crippen LogP) is 6.15. The fourth-order valence-corrected chi connectivity index (χ4v) is 3.95. The zero-order valence-corrected chi connectivity index (χ0v) is 17.0. The number of carboxylic acids is 1. The van der Waals surface area contributed by atoms with Gasteiger partial charge in [0.2, 0.25) is 0 Å². The molecule has 2 aromatic carbocycles. The molecule has 0 spiro atoms. The van der Waals surface area contributed by atoms with Gasteiger partial charge in [0.05, 0.1) is 40.0 Å². The highest BCUT2D eigenvalue weighted by molar-refractivity contribution is 7.16. The molecule has 3 rings (SSSR count). The van der Waals surface area contributed by atoms with Crippen molar-refractivity contribution in [2.75, 3.05) is 12.4 Å². The van der Waals surface area contributed by atoms with E-state index in [9.17, 15) is 9.90 Å². The Bertz CT molecular complexity index is 990. The van der Waals surface area contributed by atoms with E-state index in [-0.39, 0.29) is 6.42 Å². The number of nitrogens with zero attached hydrogens (tertiary/aromatic N) is 1. The summed E-state index contributed by atoms with van der Waals surface area (Å²) in [4.78, 5) is 16.4. The van der Waals surface area contributed by atoms with E-state index < -0.39 is 5.97 Å². The van der Waals surface area contributed by atoms with Gasteiger partial charge in [0.15, 0.2) is 5.13 Å². The van der Waals surface area contributed by atoms with Crippen molar-refractivity contribution >= 4 is 62.9 Å². The molecule has 2 N–H and O–H groups in total. The quantitative estimate of drug-likeness (QED) is 0.447. The number of benzene rings is 2. The van der Waals surface area contributed by atoms with Crippen LogP contribution < -0.4 is 10.1 Å². The first-order valence-electron chi connectivity index (χ1n) is 7.65. The third-order valence-electron chi connectivity index (χ3n) is 3.62. The molecule has 0 unspecified atom stereocenters. The lowest BCUT2D eigenvalue weighted by atomic mass is 10.1. The molecule has 0 saturated heterocycles. The number of ether oxygens (including phenoxy) is 1. The van der Waals surface area contributed by atoms with Crippen LogP contribution in [0.5, 0.6) is 5.75 Å². The Balaban J connectivity index is 1.98. The lowest BCUT2D eigenvalue weighted by Gasteiger charge is -2.07. The molecule has 0 amide bonds. The number of halogens is 3. The van der Waals surface area contributed by atoms with Gasteiger partial charge < -0.3 is 15.2 Å². The van der Waals surface area contributed by atoms with Crippen molar-refractivity contribution in [2.24, 2.45) is 0 Å². The van der Waals surface area contributed by atoms with E-state index in [2.05, 4.69) is 10.3 Å². The first-order chi connectivity index (χ1) is 12.9. The van der Waals surface area contributed by atoms with E-state index in [4.69, 9.17) is 39.5 Å². The maximum absolute atomic E-state index is 11.2. The number of hydrogen-bond acceptors (Lipinski definition) is 5. The van der Waals surface area contributed by atoms with E-state index in [1.807, 2.05) is 12.1 Å². The van der Waals surface area contributed by atoms with Crippen LogP contribution in [0.15, 0.2) is 36.4 Å². The summed E-state index contributed by atoms with van der Waals surface area (Å²) in [6.45, 7) is 0. The minimum absolute atomic E-state index is 0.143. The Labute approximate surface area is 174 Å². The highest BCUT2D eigenvalue weighted by Crippen LogP contribution is 2.37. The number of nitrogens with one attached hydrogen (secondary N) is 1. The Hall–Kier alpha value is -1.99. The summed E-state index contributed by atoms with van der Waals surface area (Å²) in [5, 5.41) is 13.9. The van der Waals surface area contributed by atoms with Gasteiger partial charge in [-0.2, -0.15) is 0 Å². The molecule has 1 aromatic heterocycles. The van der Waals surface area contributed by atoms with Gasteiger partial charge in [0.1, 0.15) is 5.75 Å². The predicted molar refractivity (Wildman–Crippen MR) is 110 cm³/mol. The molecule has 0 aliphatic carbocycles. The first kappa shape index (κ1) is 19.8. The summed E-state index contributed by atoms with van der Waals surface area (Å²) < 4.78 is 5.16. The highest BCUT2D eigenvalue weighted by Gasteiger charge is 2.17. The SMILES string of the molecule is COc1ccc(-c2nc(Nc3cc(Cl)c(Cl)cc3Cl)sc2CC(=O)O)cc1. The standard InChI is InChI=1S/C18H13Cl3N2O3S/c1-26-10-4-2-9(3-5-10)17-15(8-16(24)25)27-18(23-17)22-14-7-12(20)11(19)6-13(14)21/h2-7H,8H2,1H3,(H,22,23)(H,24,25). The summed E-state index contributed by atoms with van der Waals surface area (Å²) in [5.41, 5.74) is 1.91. The first-order valence-corrected chi connectivity index (χ1v) is 9.60. The average Bonchev–Trinajstić information content (AvgIpc) is 3.01. The van der Waals surface area contributed by atoms with Gasteiger partial charge in [-0.05, 0) is 36.4 Å². The van der Waals surface area contributed by atoms with Crippen LogP contribution in [0, 0.1) is 0 Å². The van der Waals surface area contributed by atoms with Crippen molar-refractivity contribution in [3.63, 3.8) is 0 Å². The zero-order valence-electron chi connectivity index (χ0n) is 13.9. The molecule has 9 heteroatoms. The molecule has 3 aromatic rings. The summed E-state index contributed by atoms with van der Waals surface area (Å²) in [7, 11) is 1.58. The van der Waals surface area contributed by atoms with Gasteiger partial charge in [-0.25, -0.2) is 4.98 Å². The zero-order chi connectivity index (χ0) is 19.6. The van der Waals surface area contributed by atoms with Crippen LogP contribution >= 0.6 is 46.1 Å².